The molecule has 0 bridgehead atoms. The Hall–Kier alpha value is -0.610. The maximum Gasteiger partial charge on any atom is 0.186 e. The van der Waals surface area contributed by atoms with Crippen LogP contribution in [0, 0.1) is 0 Å². The summed E-state index contributed by atoms with van der Waals surface area (Å²) in [5.74, 6) is 0.524. The topological polar surface area (TPSA) is 42.2 Å². The van der Waals surface area contributed by atoms with Crippen molar-refractivity contribution < 1.29 is 0 Å². The van der Waals surface area contributed by atoms with Crippen LogP contribution in [0.25, 0.3) is 0 Å². The zero-order chi connectivity index (χ0) is 13.8. The number of nitrogens with zero attached hydrogens (tertiary/aromatic N) is 2. The van der Waals surface area contributed by atoms with Crippen LogP contribution in [-0.4, -0.2) is 17.6 Å². The van der Waals surface area contributed by atoms with E-state index in [0.29, 0.717) is 12.5 Å². The molecule has 1 aliphatic carbocycles. The molecule has 2 rings (SSSR count). The minimum absolute atomic E-state index is 0.524. The van der Waals surface area contributed by atoms with Crippen LogP contribution in [0.5, 0.6) is 0 Å². The van der Waals surface area contributed by atoms with Crippen molar-refractivity contribution in [1.29, 1.82) is 0 Å². The molecule has 3 nitrogen and oxygen atoms in total. The summed E-state index contributed by atoms with van der Waals surface area (Å²) >= 11 is 1.82. The van der Waals surface area contributed by atoms with Crippen LogP contribution in [0.1, 0.15) is 69.4 Å². The predicted octanol–water partition coefficient (Wildman–Crippen LogP) is 3.88. The number of hydrogen-bond donors (Lipinski definition) is 1. The fraction of sp³-hybridized carbons (Fsp3) is 0.800. The Morgan fingerprint density at radius 1 is 1.42 bits per heavy atom. The Labute approximate surface area is 121 Å². The van der Waals surface area contributed by atoms with Crippen molar-refractivity contribution in [2.75, 3.05) is 11.4 Å². The Morgan fingerprint density at radius 2 is 2.16 bits per heavy atom. The number of unbranched alkanes of at least 4 members (excludes halogenated alkanes) is 1. The highest BCUT2D eigenvalue weighted by atomic mass is 32.1. The lowest BCUT2D eigenvalue weighted by Crippen LogP contribution is -2.26. The van der Waals surface area contributed by atoms with Gasteiger partial charge in [0.2, 0.25) is 0 Å². The minimum atomic E-state index is 0.524. The summed E-state index contributed by atoms with van der Waals surface area (Å²) in [6, 6.07) is 0.744. The van der Waals surface area contributed by atoms with Crippen LogP contribution in [0.15, 0.2) is 0 Å². The molecular formula is C15H27N3S. The molecule has 108 valence electrons. The Bertz CT molecular complexity index is 398. The molecule has 0 radical (unpaired) electrons. The lowest BCUT2D eigenvalue weighted by Gasteiger charge is -2.21. The average molecular weight is 281 g/mol. The summed E-state index contributed by atoms with van der Waals surface area (Å²) in [6.45, 7) is 8.51. The van der Waals surface area contributed by atoms with Crippen molar-refractivity contribution in [3.05, 3.63) is 10.6 Å². The molecule has 1 aliphatic rings. The van der Waals surface area contributed by atoms with Gasteiger partial charge in [-0.05, 0) is 31.6 Å². The van der Waals surface area contributed by atoms with Crippen LogP contribution < -0.4 is 10.6 Å². The first-order valence-corrected chi connectivity index (χ1v) is 8.49. The van der Waals surface area contributed by atoms with Gasteiger partial charge in [-0.15, -0.1) is 11.3 Å². The van der Waals surface area contributed by atoms with E-state index in [0.717, 1.165) is 19.0 Å². The van der Waals surface area contributed by atoms with E-state index in [2.05, 4.69) is 25.7 Å². The Kier molecular flexibility index (Phi) is 5.22. The fourth-order valence-corrected chi connectivity index (χ4v) is 3.50. The second-order valence-corrected chi connectivity index (χ2v) is 6.66. The Balaban J connectivity index is 2.19. The molecule has 1 heterocycles. The van der Waals surface area contributed by atoms with Gasteiger partial charge < -0.3 is 10.6 Å². The molecule has 0 saturated heterocycles. The summed E-state index contributed by atoms with van der Waals surface area (Å²) < 4.78 is 0. The summed E-state index contributed by atoms with van der Waals surface area (Å²) in [4.78, 5) is 8.74. The molecule has 0 aromatic carbocycles. The fourth-order valence-electron chi connectivity index (χ4n) is 2.35. The first-order valence-electron chi connectivity index (χ1n) is 7.67. The lowest BCUT2D eigenvalue weighted by atomic mass is 10.0. The van der Waals surface area contributed by atoms with Gasteiger partial charge in [-0.1, -0.05) is 27.2 Å². The summed E-state index contributed by atoms with van der Waals surface area (Å²) in [5, 5.41) is 1.21. The average Bonchev–Trinajstić information content (AvgIpc) is 3.17. The van der Waals surface area contributed by atoms with Gasteiger partial charge >= 0.3 is 0 Å². The summed E-state index contributed by atoms with van der Waals surface area (Å²) in [5.41, 5.74) is 7.14. The van der Waals surface area contributed by atoms with E-state index in [1.165, 1.54) is 41.4 Å². The second kappa shape index (κ2) is 6.71. The number of rotatable bonds is 8. The first-order chi connectivity index (χ1) is 9.21. The van der Waals surface area contributed by atoms with Crippen LogP contribution in [0.4, 0.5) is 5.13 Å². The third-order valence-corrected chi connectivity index (χ3v) is 5.10. The largest absolute Gasteiger partial charge is 0.345 e. The van der Waals surface area contributed by atoms with Crippen molar-refractivity contribution in [2.45, 2.75) is 71.4 Å². The third kappa shape index (κ3) is 3.48. The zero-order valence-corrected chi connectivity index (χ0v) is 13.3. The predicted molar refractivity (Wildman–Crippen MR) is 84.0 cm³/mol. The van der Waals surface area contributed by atoms with E-state index in [1.54, 1.807) is 0 Å². The first kappa shape index (κ1) is 14.8. The van der Waals surface area contributed by atoms with Crippen molar-refractivity contribution in [3.8, 4) is 0 Å². The van der Waals surface area contributed by atoms with Crippen LogP contribution in [0.2, 0.25) is 0 Å². The smallest absolute Gasteiger partial charge is 0.186 e. The maximum atomic E-state index is 5.90. The van der Waals surface area contributed by atoms with Crippen LogP contribution in [-0.2, 0) is 6.54 Å². The van der Waals surface area contributed by atoms with E-state index in [1.807, 2.05) is 11.3 Å². The molecule has 4 heteroatoms. The van der Waals surface area contributed by atoms with Gasteiger partial charge in [-0.3, -0.25) is 0 Å². The maximum absolute atomic E-state index is 5.90. The highest BCUT2D eigenvalue weighted by molar-refractivity contribution is 7.15. The van der Waals surface area contributed by atoms with Crippen molar-refractivity contribution in [2.24, 2.45) is 5.73 Å². The molecule has 1 saturated carbocycles. The molecule has 0 spiro atoms. The highest BCUT2D eigenvalue weighted by Gasteiger charge is 2.31. The third-order valence-electron chi connectivity index (χ3n) is 3.97. The standard InChI is InChI=1S/C15H27N3S/c1-4-6-9-18(12-7-8-12)15-17-14(11(3)5-2)13(10-16)19-15/h11-12H,4-10,16H2,1-3H3. The molecule has 1 aromatic heterocycles. The van der Waals surface area contributed by atoms with E-state index >= 15 is 0 Å². The van der Waals surface area contributed by atoms with Gasteiger partial charge in [-0.25, -0.2) is 4.98 Å². The van der Waals surface area contributed by atoms with E-state index in [9.17, 15) is 0 Å². The van der Waals surface area contributed by atoms with Crippen molar-refractivity contribution >= 4 is 16.5 Å². The quantitative estimate of drug-likeness (QED) is 0.786. The van der Waals surface area contributed by atoms with Gasteiger partial charge in [0.25, 0.3) is 0 Å². The minimum Gasteiger partial charge on any atom is -0.345 e. The molecule has 2 N–H and O–H groups in total. The molecule has 19 heavy (non-hydrogen) atoms. The number of nitrogens with two attached hydrogens (primary N) is 1. The molecular weight excluding hydrogens is 254 g/mol. The molecule has 1 atom stereocenters. The van der Waals surface area contributed by atoms with Crippen LogP contribution in [0.3, 0.4) is 0 Å². The SMILES string of the molecule is CCCCN(c1nc(C(C)CC)c(CN)s1)C1CC1. The second-order valence-electron chi connectivity index (χ2n) is 5.60. The summed E-state index contributed by atoms with van der Waals surface area (Å²) in [6.07, 6.45) is 6.30. The van der Waals surface area contributed by atoms with Gasteiger partial charge in [0.15, 0.2) is 5.13 Å². The molecule has 0 aliphatic heterocycles. The van der Waals surface area contributed by atoms with Gasteiger partial charge in [-0.2, -0.15) is 0 Å². The van der Waals surface area contributed by atoms with E-state index in [4.69, 9.17) is 10.7 Å². The van der Waals surface area contributed by atoms with Gasteiger partial charge in [0, 0.05) is 24.0 Å². The Morgan fingerprint density at radius 3 is 2.68 bits per heavy atom. The number of thiazole rings is 1. The van der Waals surface area contributed by atoms with Gasteiger partial charge in [0.1, 0.15) is 0 Å². The molecule has 1 unspecified atom stereocenters. The van der Waals surface area contributed by atoms with Crippen molar-refractivity contribution in [3.63, 3.8) is 0 Å². The van der Waals surface area contributed by atoms with Crippen LogP contribution >= 0.6 is 11.3 Å². The number of aromatic nitrogens is 1. The molecule has 1 aromatic rings. The van der Waals surface area contributed by atoms with Crippen molar-refractivity contribution in [1.82, 2.24) is 4.98 Å². The molecule has 1 fully saturated rings. The summed E-state index contributed by atoms with van der Waals surface area (Å²) in [7, 11) is 0. The highest BCUT2D eigenvalue weighted by Crippen LogP contribution is 2.37. The number of hydrogen-bond acceptors (Lipinski definition) is 4. The normalized spacial score (nSPS) is 16.6. The lowest BCUT2D eigenvalue weighted by molar-refractivity contribution is 0.687. The number of anilines is 1. The van der Waals surface area contributed by atoms with Gasteiger partial charge in [0.05, 0.1) is 5.69 Å². The molecule has 0 amide bonds. The van der Waals surface area contributed by atoms with E-state index in [-0.39, 0.29) is 0 Å². The zero-order valence-electron chi connectivity index (χ0n) is 12.5. The monoisotopic (exact) mass is 281 g/mol. The van der Waals surface area contributed by atoms with E-state index < -0.39 is 0 Å².